The van der Waals surface area contributed by atoms with E-state index >= 15 is 0 Å². The maximum atomic E-state index is 11.5. The van der Waals surface area contributed by atoms with Crippen molar-refractivity contribution in [2.75, 3.05) is 6.61 Å². The van der Waals surface area contributed by atoms with Crippen LogP contribution in [0.1, 0.15) is 22.3 Å². The minimum Gasteiger partial charge on any atom is -0.492 e. The second-order valence-electron chi connectivity index (χ2n) is 3.27. The molecule has 1 aliphatic rings. The van der Waals surface area contributed by atoms with E-state index in [2.05, 4.69) is 0 Å². The predicted molar refractivity (Wildman–Crippen MR) is 56.0 cm³/mol. The highest BCUT2D eigenvalue weighted by Gasteiger charge is 2.17. The summed E-state index contributed by atoms with van der Waals surface area (Å²) in [6, 6.07) is 5.30. The normalized spacial score (nSPS) is 14.8. The molecule has 1 aliphatic heterocycles. The molecule has 15 heavy (non-hydrogen) atoms. The summed E-state index contributed by atoms with van der Waals surface area (Å²) in [5.41, 5.74) is 1.49. The first-order valence-electron chi connectivity index (χ1n) is 4.73. The largest absolute Gasteiger partial charge is 0.492 e. The Hall–Kier alpha value is -1.90. The third-order valence-electron chi connectivity index (χ3n) is 2.26. The zero-order chi connectivity index (χ0) is 10.7. The number of ether oxygens (including phenoxy) is 1. The summed E-state index contributed by atoms with van der Waals surface area (Å²) in [5, 5.41) is 0. The van der Waals surface area contributed by atoms with Gasteiger partial charge in [-0.05, 0) is 23.8 Å². The van der Waals surface area contributed by atoms with Gasteiger partial charge in [-0.15, -0.1) is 0 Å². The lowest BCUT2D eigenvalue weighted by molar-refractivity contribution is -0.104. The molecular weight excluding hydrogens is 192 g/mol. The molecule has 0 saturated heterocycles. The molecule has 76 valence electrons. The fourth-order valence-electron chi connectivity index (χ4n) is 1.53. The molecule has 0 bridgehead atoms. The molecule has 0 saturated carbocycles. The van der Waals surface area contributed by atoms with E-state index in [1.165, 1.54) is 6.08 Å². The zero-order valence-corrected chi connectivity index (χ0v) is 8.10. The molecule has 1 aromatic carbocycles. The summed E-state index contributed by atoms with van der Waals surface area (Å²) < 4.78 is 5.37. The first-order chi connectivity index (χ1) is 7.31. The standard InChI is InChI=1S/C12H10O3/c13-6-1-2-9-3-4-10-11(14)5-7-15-12(10)8-9/h1-4,6,8H,5,7H2. The maximum Gasteiger partial charge on any atom is 0.169 e. The van der Waals surface area contributed by atoms with Crippen LogP contribution >= 0.6 is 0 Å². The quantitative estimate of drug-likeness (QED) is 0.543. The van der Waals surface area contributed by atoms with Gasteiger partial charge in [0.1, 0.15) is 12.0 Å². The highest BCUT2D eigenvalue weighted by molar-refractivity contribution is 5.99. The highest BCUT2D eigenvalue weighted by atomic mass is 16.5. The van der Waals surface area contributed by atoms with E-state index in [0.29, 0.717) is 30.6 Å². The summed E-state index contributed by atoms with van der Waals surface area (Å²) in [4.78, 5) is 21.6. The van der Waals surface area contributed by atoms with Gasteiger partial charge >= 0.3 is 0 Å². The molecule has 3 nitrogen and oxygen atoms in total. The lowest BCUT2D eigenvalue weighted by atomic mass is 10.0. The van der Waals surface area contributed by atoms with E-state index in [4.69, 9.17) is 4.74 Å². The molecule has 0 aromatic heterocycles. The van der Waals surface area contributed by atoms with E-state index in [0.717, 1.165) is 5.56 Å². The minimum absolute atomic E-state index is 0.113. The third-order valence-corrected chi connectivity index (χ3v) is 2.26. The Bertz CT molecular complexity index is 432. The van der Waals surface area contributed by atoms with Gasteiger partial charge in [-0.2, -0.15) is 0 Å². The summed E-state index contributed by atoms with van der Waals surface area (Å²) in [6.07, 6.45) is 4.24. The van der Waals surface area contributed by atoms with Crippen molar-refractivity contribution < 1.29 is 14.3 Å². The van der Waals surface area contributed by atoms with Crippen molar-refractivity contribution in [1.82, 2.24) is 0 Å². The summed E-state index contributed by atoms with van der Waals surface area (Å²) in [7, 11) is 0. The number of allylic oxidation sites excluding steroid dienone is 1. The Labute approximate surface area is 87.4 Å². The van der Waals surface area contributed by atoms with Gasteiger partial charge in [-0.25, -0.2) is 0 Å². The number of aldehydes is 1. The molecule has 0 aliphatic carbocycles. The SMILES string of the molecule is O=CC=Cc1ccc2c(c1)OCCC2=O. The number of hydrogen-bond acceptors (Lipinski definition) is 3. The van der Waals surface area contributed by atoms with Crippen LogP contribution in [0.15, 0.2) is 24.3 Å². The number of ketones is 1. The second-order valence-corrected chi connectivity index (χ2v) is 3.27. The van der Waals surface area contributed by atoms with E-state index in [9.17, 15) is 9.59 Å². The number of rotatable bonds is 2. The lowest BCUT2D eigenvalue weighted by Crippen LogP contribution is -2.15. The van der Waals surface area contributed by atoms with Crippen LogP contribution in [-0.2, 0) is 4.79 Å². The molecular formula is C12H10O3. The number of carbonyl (C=O) groups excluding carboxylic acids is 2. The van der Waals surface area contributed by atoms with Crippen LogP contribution < -0.4 is 4.74 Å². The van der Waals surface area contributed by atoms with Crippen LogP contribution in [0.25, 0.3) is 6.08 Å². The van der Waals surface area contributed by atoms with Gasteiger partial charge in [0.2, 0.25) is 0 Å². The molecule has 0 radical (unpaired) electrons. The molecule has 0 fully saturated rings. The predicted octanol–water partition coefficient (Wildman–Crippen LogP) is 1.86. The summed E-state index contributed by atoms with van der Waals surface area (Å²) >= 11 is 0. The van der Waals surface area contributed by atoms with Gasteiger partial charge in [0.15, 0.2) is 5.78 Å². The Morgan fingerprint density at radius 3 is 3.00 bits per heavy atom. The lowest BCUT2D eigenvalue weighted by Gasteiger charge is -2.16. The fraction of sp³-hybridized carbons (Fsp3) is 0.167. The number of Topliss-reactive ketones (excluding diaryl/α,β-unsaturated/α-hetero) is 1. The van der Waals surface area contributed by atoms with E-state index < -0.39 is 0 Å². The van der Waals surface area contributed by atoms with Crippen LogP contribution in [0.5, 0.6) is 5.75 Å². The van der Waals surface area contributed by atoms with Gasteiger partial charge < -0.3 is 4.74 Å². The fourth-order valence-corrected chi connectivity index (χ4v) is 1.53. The molecule has 0 unspecified atom stereocenters. The monoisotopic (exact) mass is 202 g/mol. The van der Waals surface area contributed by atoms with E-state index in [1.54, 1.807) is 24.3 Å². The average molecular weight is 202 g/mol. The summed E-state index contributed by atoms with van der Waals surface area (Å²) in [5.74, 6) is 0.724. The zero-order valence-electron chi connectivity index (χ0n) is 8.10. The van der Waals surface area contributed by atoms with E-state index in [1.807, 2.05) is 0 Å². The van der Waals surface area contributed by atoms with E-state index in [-0.39, 0.29) is 5.78 Å². The van der Waals surface area contributed by atoms with Crippen molar-refractivity contribution in [2.45, 2.75) is 6.42 Å². The number of carbonyl (C=O) groups is 2. The Kier molecular flexibility index (Phi) is 2.63. The van der Waals surface area contributed by atoms with Crippen molar-refractivity contribution >= 4 is 18.1 Å². The van der Waals surface area contributed by atoms with Crippen LogP contribution in [0, 0.1) is 0 Å². The van der Waals surface area contributed by atoms with Gasteiger partial charge in [-0.3, -0.25) is 9.59 Å². The maximum absolute atomic E-state index is 11.5. The molecule has 1 aromatic rings. The average Bonchev–Trinajstić information content (AvgIpc) is 2.26. The topological polar surface area (TPSA) is 43.4 Å². The highest BCUT2D eigenvalue weighted by Crippen LogP contribution is 2.26. The van der Waals surface area contributed by atoms with Crippen LogP contribution in [0.4, 0.5) is 0 Å². The number of benzene rings is 1. The smallest absolute Gasteiger partial charge is 0.169 e. The molecule has 1 heterocycles. The van der Waals surface area contributed by atoms with Gasteiger partial charge in [0.25, 0.3) is 0 Å². The number of fused-ring (bicyclic) bond motifs is 1. The van der Waals surface area contributed by atoms with Crippen molar-refractivity contribution in [3.05, 3.63) is 35.4 Å². The van der Waals surface area contributed by atoms with Crippen LogP contribution in [0.2, 0.25) is 0 Å². The van der Waals surface area contributed by atoms with Crippen molar-refractivity contribution in [1.29, 1.82) is 0 Å². The van der Waals surface area contributed by atoms with Crippen LogP contribution in [0.3, 0.4) is 0 Å². The minimum atomic E-state index is 0.113. The summed E-state index contributed by atoms with van der Waals surface area (Å²) in [6.45, 7) is 0.437. The first-order valence-corrected chi connectivity index (χ1v) is 4.73. The van der Waals surface area contributed by atoms with Gasteiger partial charge in [0.05, 0.1) is 12.2 Å². The molecule has 0 spiro atoms. The number of hydrogen-bond donors (Lipinski definition) is 0. The van der Waals surface area contributed by atoms with Crippen molar-refractivity contribution in [3.63, 3.8) is 0 Å². The third kappa shape index (κ3) is 1.96. The Balaban J connectivity index is 2.37. The molecule has 0 N–H and O–H groups in total. The van der Waals surface area contributed by atoms with Crippen molar-refractivity contribution in [3.8, 4) is 5.75 Å². The second kappa shape index (κ2) is 4.09. The van der Waals surface area contributed by atoms with Gasteiger partial charge in [0, 0.05) is 6.42 Å². The first kappa shape index (κ1) is 9.65. The van der Waals surface area contributed by atoms with Gasteiger partial charge in [-0.1, -0.05) is 12.1 Å². The Morgan fingerprint density at radius 2 is 2.20 bits per heavy atom. The molecule has 0 amide bonds. The molecule has 0 atom stereocenters. The Morgan fingerprint density at radius 1 is 1.33 bits per heavy atom. The van der Waals surface area contributed by atoms with Crippen molar-refractivity contribution in [2.24, 2.45) is 0 Å². The molecule has 2 rings (SSSR count). The molecule has 3 heteroatoms. The van der Waals surface area contributed by atoms with Crippen LogP contribution in [-0.4, -0.2) is 18.7 Å².